The zero-order valence-electron chi connectivity index (χ0n) is 12.8. The SMILES string of the molecule is O=C(c1ccccc1OC(F)F)N1CCCC1c1ccc(F)cc1. The molecule has 1 fully saturated rings. The van der Waals surface area contributed by atoms with Gasteiger partial charge >= 0.3 is 6.61 Å². The molecule has 1 saturated heterocycles. The Bertz CT molecular complexity index is 718. The van der Waals surface area contributed by atoms with Gasteiger partial charge in [-0.25, -0.2) is 4.39 Å². The van der Waals surface area contributed by atoms with Crippen molar-refractivity contribution >= 4 is 5.91 Å². The third-order valence-corrected chi connectivity index (χ3v) is 4.10. The van der Waals surface area contributed by atoms with Gasteiger partial charge in [0.1, 0.15) is 11.6 Å². The Kier molecular flexibility index (Phi) is 4.74. The number of nitrogens with zero attached hydrogens (tertiary/aromatic N) is 1. The van der Waals surface area contributed by atoms with E-state index in [4.69, 9.17) is 0 Å². The van der Waals surface area contributed by atoms with Crippen molar-refractivity contribution in [3.05, 3.63) is 65.5 Å². The van der Waals surface area contributed by atoms with Crippen LogP contribution in [0.3, 0.4) is 0 Å². The number of alkyl halides is 2. The van der Waals surface area contributed by atoms with E-state index in [9.17, 15) is 18.0 Å². The van der Waals surface area contributed by atoms with Gasteiger partial charge in [0.2, 0.25) is 0 Å². The van der Waals surface area contributed by atoms with Gasteiger partial charge in [-0.05, 0) is 42.7 Å². The lowest BCUT2D eigenvalue weighted by atomic mass is 10.0. The van der Waals surface area contributed by atoms with Crippen LogP contribution in [0.5, 0.6) is 5.75 Å². The summed E-state index contributed by atoms with van der Waals surface area (Å²) in [6.07, 6.45) is 1.54. The van der Waals surface area contributed by atoms with Crippen LogP contribution in [-0.2, 0) is 0 Å². The highest BCUT2D eigenvalue weighted by atomic mass is 19.3. The Balaban J connectivity index is 1.87. The van der Waals surface area contributed by atoms with E-state index in [2.05, 4.69) is 4.74 Å². The van der Waals surface area contributed by atoms with Gasteiger partial charge in [-0.1, -0.05) is 24.3 Å². The summed E-state index contributed by atoms with van der Waals surface area (Å²) in [5, 5.41) is 0. The van der Waals surface area contributed by atoms with Gasteiger partial charge in [0, 0.05) is 6.54 Å². The van der Waals surface area contributed by atoms with Gasteiger partial charge in [-0.2, -0.15) is 8.78 Å². The lowest BCUT2D eigenvalue weighted by Gasteiger charge is -2.26. The summed E-state index contributed by atoms with van der Waals surface area (Å²) in [5.41, 5.74) is 0.932. The van der Waals surface area contributed by atoms with Crippen LogP contribution in [0.15, 0.2) is 48.5 Å². The number of carbonyl (C=O) groups excluding carboxylic acids is 1. The lowest BCUT2D eigenvalue weighted by molar-refractivity contribution is -0.0502. The van der Waals surface area contributed by atoms with Crippen LogP contribution >= 0.6 is 0 Å². The maximum absolute atomic E-state index is 13.1. The fourth-order valence-corrected chi connectivity index (χ4v) is 3.04. The van der Waals surface area contributed by atoms with E-state index in [1.165, 1.54) is 30.3 Å². The van der Waals surface area contributed by atoms with E-state index in [1.54, 1.807) is 23.1 Å². The van der Waals surface area contributed by atoms with Crippen molar-refractivity contribution in [2.24, 2.45) is 0 Å². The first-order chi connectivity index (χ1) is 11.6. The second-order valence-corrected chi connectivity index (χ2v) is 5.58. The zero-order valence-corrected chi connectivity index (χ0v) is 12.8. The number of hydrogen-bond acceptors (Lipinski definition) is 2. The molecule has 1 unspecified atom stereocenters. The molecule has 1 heterocycles. The van der Waals surface area contributed by atoms with Crippen LogP contribution in [0, 0.1) is 5.82 Å². The summed E-state index contributed by atoms with van der Waals surface area (Å²) in [6.45, 7) is -2.48. The average Bonchev–Trinajstić information content (AvgIpc) is 3.04. The second-order valence-electron chi connectivity index (χ2n) is 5.58. The molecule has 24 heavy (non-hydrogen) atoms. The number of hydrogen-bond donors (Lipinski definition) is 0. The summed E-state index contributed by atoms with van der Waals surface area (Å²) in [5.74, 6) is -0.842. The fourth-order valence-electron chi connectivity index (χ4n) is 3.04. The Morgan fingerprint density at radius 2 is 1.83 bits per heavy atom. The summed E-state index contributed by atoms with van der Waals surface area (Å²) >= 11 is 0. The molecule has 2 aromatic carbocycles. The third kappa shape index (κ3) is 3.37. The highest BCUT2D eigenvalue weighted by molar-refractivity contribution is 5.97. The van der Waals surface area contributed by atoms with Crippen LogP contribution < -0.4 is 4.74 Å². The molecule has 0 aliphatic carbocycles. The monoisotopic (exact) mass is 335 g/mol. The minimum atomic E-state index is -2.99. The van der Waals surface area contributed by atoms with Gasteiger partial charge < -0.3 is 9.64 Å². The second kappa shape index (κ2) is 6.95. The molecule has 0 N–H and O–H groups in total. The van der Waals surface area contributed by atoms with Crippen molar-refractivity contribution in [3.63, 3.8) is 0 Å². The van der Waals surface area contributed by atoms with E-state index in [0.717, 1.165) is 18.4 Å². The highest BCUT2D eigenvalue weighted by Crippen LogP contribution is 2.34. The van der Waals surface area contributed by atoms with Crippen LogP contribution in [0.4, 0.5) is 13.2 Å². The maximum Gasteiger partial charge on any atom is 0.387 e. The van der Waals surface area contributed by atoms with Crippen LogP contribution in [-0.4, -0.2) is 24.0 Å². The number of benzene rings is 2. The molecule has 1 atom stereocenters. The van der Waals surface area contributed by atoms with E-state index in [1.807, 2.05) is 0 Å². The minimum Gasteiger partial charge on any atom is -0.434 e. The number of ether oxygens (including phenoxy) is 1. The average molecular weight is 335 g/mol. The molecule has 6 heteroatoms. The standard InChI is InChI=1S/C18H16F3NO2/c19-13-9-7-12(8-10-13)15-5-3-11-22(15)17(23)14-4-1-2-6-16(14)24-18(20)21/h1-2,4,6-10,15,18H,3,5,11H2. The Hall–Kier alpha value is -2.50. The predicted molar refractivity (Wildman–Crippen MR) is 82.5 cm³/mol. The number of likely N-dealkylation sites (tertiary alicyclic amines) is 1. The first-order valence-electron chi connectivity index (χ1n) is 7.66. The molecular weight excluding hydrogens is 319 g/mol. The van der Waals surface area contributed by atoms with Gasteiger partial charge in [0.05, 0.1) is 11.6 Å². The fraction of sp³-hybridized carbons (Fsp3) is 0.278. The van der Waals surface area contributed by atoms with Crippen LogP contribution in [0.1, 0.15) is 34.8 Å². The first-order valence-corrected chi connectivity index (χ1v) is 7.66. The Morgan fingerprint density at radius 1 is 1.12 bits per heavy atom. The topological polar surface area (TPSA) is 29.5 Å². The smallest absolute Gasteiger partial charge is 0.387 e. The summed E-state index contributed by atoms with van der Waals surface area (Å²) in [6, 6.07) is 11.8. The number of halogens is 3. The van der Waals surface area contributed by atoms with E-state index in [0.29, 0.717) is 6.54 Å². The number of carbonyl (C=O) groups is 1. The Labute approximate surface area is 137 Å². The van der Waals surface area contributed by atoms with Gasteiger partial charge in [0.25, 0.3) is 5.91 Å². The maximum atomic E-state index is 13.1. The number of amides is 1. The van der Waals surface area contributed by atoms with E-state index >= 15 is 0 Å². The summed E-state index contributed by atoms with van der Waals surface area (Å²) in [4.78, 5) is 14.5. The van der Waals surface area contributed by atoms with Crippen molar-refractivity contribution < 1.29 is 22.7 Å². The minimum absolute atomic E-state index is 0.104. The molecule has 3 nitrogen and oxygen atoms in total. The normalized spacial score (nSPS) is 17.3. The van der Waals surface area contributed by atoms with Crippen molar-refractivity contribution in [2.45, 2.75) is 25.5 Å². The summed E-state index contributed by atoms with van der Waals surface area (Å²) < 4.78 is 42.6. The van der Waals surface area contributed by atoms with E-state index in [-0.39, 0.29) is 29.1 Å². The van der Waals surface area contributed by atoms with Crippen molar-refractivity contribution in [2.75, 3.05) is 6.54 Å². The molecular formula is C18H16F3NO2. The van der Waals surface area contributed by atoms with Gasteiger partial charge in [-0.15, -0.1) is 0 Å². The molecule has 0 radical (unpaired) electrons. The predicted octanol–water partition coefficient (Wildman–Crippen LogP) is 4.40. The molecule has 126 valence electrons. The van der Waals surface area contributed by atoms with Crippen LogP contribution in [0.2, 0.25) is 0 Å². The molecule has 2 aromatic rings. The lowest BCUT2D eigenvalue weighted by Crippen LogP contribution is -2.31. The van der Waals surface area contributed by atoms with Gasteiger partial charge in [0.15, 0.2) is 0 Å². The highest BCUT2D eigenvalue weighted by Gasteiger charge is 2.32. The van der Waals surface area contributed by atoms with Crippen molar-refractivity contribution in [3.8, 4) is 5.75 Å². The molecule has 0 saturated carbocycles. The molecule has 1 aliphatic heterocycles. The van der Waals surface area contributed by atoms with Crippen molar-refractivity contribution in [1.82, 2.24) is 4.90 Å². The molecule has 1 amide bonds. The first kappa shape index (κ1) is 16.4. The molecule has 3 rings (SSSR count). The van der Waals surface area contributed by atoms with Gasteiger partial charge in [-0.3, -0.25) is 4.79 Å². The molecule has 0 aromatic heterocycles. The third-order valence-electron chi connectivity index (χ3n) is 4.10. The number of rotatable bonds is 4. The van der Waals surface area contributed by atoms with E-state index < -0.39 is 6.61 Å². The molecule has 1 aliphatic rings. The Morgan fingerprint density at radius 3 is 2.54 bits per heavy atom. The van der Waals surface area contributed by atoms with Crippen LogP contribution in [0.25, 0.3) is 0 Å². The zero-order chi connectivity index (χ0) is 17.1. The van der Waals surface area contributed by atoms with Crippen molar-refractivity contribution in [1.29, 1.82) is 0 Å². The molecule has 0 spiro atoms. The number of para-hydroxylation sites is 1. The molecule has 0 bridgehead atoms. The quantitative estimate of drug-likeness (QED) is 0.828. The largest absolute Gasteiger partial charge is 0.434 e. The summed E-state index contributed by atoms with van der Waals surface area (Å²) in [7, 11) is 0.